The summed E-state index contributed by atoms with van der Waals surface area (Å²) in [4.78, 5) is 14.7. The van der Waals surface area contributed by atoms with Crippen LogP contribution in [0.25, 0.3) is 0 Å². The summed E-state index contributed by atoms with van der Waals surface area (Å²) in [5.41, 5.74) is 0.774. The number of piperidine rings is 1. The van der Waals surface area contributed by atoms with E-state index in [1.54, 1.807) is 12.1 Å². The standard InChI is InChI=1S/C20H26FNO3/c1-2-25-18-12-17(23)20(18)6-8-22(9-7-20)19(24)16-11-15(16)13-4-3-5-14(21)10-13/h3-5,10,15-18,23H,2,6-9,11-12H2,1H3/t15-,16+,17+,18-/m1/s1. The van der Waals surface area contributed by atoms with Gasteiger partial charge in [0.15, 0.2) is 0 Å². The third-order valence-corrected chi connectivity index (χ3v) is 6.50. The van der Waals surface area contributed by atoms with Crippen molar-refractivity contribution in [3.63, 3.8) is 0 Å². The van der Waals surface area contributed by atoms with Crippen molar-refractivity contribution in [3.05, 3.63) is 35.6 Å². The van der Waals surface area contributed by atoms with Crippen molar-refractivity contribution in [2.24, 2.45) is 11.3 Å². The fourth-order valence-electron chi connectivity index (χ4n) is 4.77. The molecule has 1 aromatic carbocycles. The van der Waals surface area contributed by atoms with Crippen LogP contribution >= 0.6 is 0 Å². The molecule has 0 radical (unpaired) electrons. The molecule has 1 aliphatic heterocycles. The van der Waals surface area contributed by atoms with Gasteiger partial charge in [-0.2, -0.15) is 0 Å². The second kappa shape index (κ2) is 6.36. The van der Waals surface area contributed by atoms with E-state index in [4.69, 9.17) is 4.74 Å². The summed E-state index contributed by atoms with van der Waals surface area (Å²) in [5.74, 6) is 0.0942. The molecule has 0 unspecified atom stereocenters. The van der Waals surface area contributed by atoms with Gasteiger partial charge in [0, 0.05) is 37.5 Å². The third-order valence-electron chi connectivity index (χ3n) is 6.50. The monoisotopic (exact) mass is 347 g/mol. The molecule has 1 amide bonds. The van der Waals surface area contributed by atoms with Crippen LogP contribution in [-0.2, 0) is 9.53 Å². The van der Waals surface area contributed by atoms with Crippen molar-refractivity contribution in [3.8, 4) is 0 Å². The van der Waals surface area contributed by atoms with Gasteiger partial charge in [0.1, 0.15) is 5.82 Å². The lowest BCUT2D eigenvalue weighted by Crippen LogP contribution is -2.62. The lowest BCUT2D eigenvalue weighted by Gasteiger charge is -2.56. The van der Waals surface area contributed by atoms with Gasteiger partial charge >= 0.3 is 0 Å². The van der Waals surface area contributed by atoms with E-state index in [9.17, 15) is 14.3 Å². The van der Waals surface area contributed by atoms with Crippen LogP contribution in [0.2, 0.25) is 0 Å². The third kappa shape index (κ3) is 2.87. The van der Waals surface area contributed by atoms with Crippen LogP contribution in [0, 0.1) is 17.2 Å². The van der Waals surface area contributed by atoms with E-state index in [0.717, 1.165) is 24.8 Å². The number of ether oxygens (including phenoxy) is 1. The number of halogens is 1. The maximum atomic E-state index is 13.4. The summed E-state index contributed by atoms with van der Waals surface area (Å²) in [6, 6.07) is 6.59. The Morgan fingerprint density at radius 3 is 2.76 bits per heavy atom. The lowest BCUT2D eigenvalue weighted by molar-refractivity contribution is -0.210. The number of hydrogen-bond acceptors (Lipinski definition) is 3. The van der Waals surface area contributed by atoms with Crippen molar-refractivity contribution >= 4 is 5.91 Å². The molecule has 5 heteroatoms. The van der Waals surface area contributed by atoms with Gasteiger partial charge < -0.3 is 14.7 Å². The molecule has 2 aliphatic carbocycles. The number of aliphatic hydroxyl groups excluding tert-OH is 1. The van der Waals surface area contributed by atoms with E-state index in [0.29, 0.717) is 26.1 Å². The van der Waals surface area contributed by atoms with E-state index < -0.39 is 0 Å². The summed E-state index contributed by atoms with van der Waals surface area (Å²) < 4.78 is 19.2. The zero-order valence-electron chi connectivity index (χ0n) is 14.7. The van der Waals surface area contributed by atoms with E-state index in [2.05, 4.69) is 0 Å². The second-order valence-corrected chi connectivity index (χ2v) is 7.76. The highest BCUT2D eigenvalue weighted by Crippen LogP contribution is 2.53. The molecule has 3 fully saturated rings. The molecule has 2 saturated carbocycles. The average Bonchev–Trinajstić information content (AvgIpc) is 3.42. The Labute approximate surface area is 148 Å². The molecule has 1 spiro atoms. The first-order valence-corrected chi connectivity index (χ1v) is 9.39. The molecule has 25 heavy (non-hydrogen) atoms. The lowest BCUT2D eigenvalue weighted by atomic mass is 9.58. The Hall–Kier alpha value is -1.46. The normalized spacial score (nSPS) is 33.2. The van der Waals surface area contributed by atoms with Gasteiger partial charge in [-0.05, 0) is 49.8 Å². The highest BCUT2D eigenvalue weighted by Gasteiger charge is 2.57. The van der Waals surface area contributed by atoms with Crippen LogP contribution in [0.5, 0.6) is 0 Å². The quantitative estimate of drug-likeness (QED) is 0.911. The van der Waals surface area contributed by atoms with Crippen molar-refractivity contribution in [1.82, 2.24) is 4.90 Å². The summed E-state index contributed by atoms with van der Waals surface area (Å²) in [5, 5.41) is 10.3. The van der Waals surface area contributed by atoms with Crippen LogP contribution in [0.3, 0.4) is 0 Å². The first-order chi connectivity index (χ1) is 12.0. The molecule has 136 valence electrons. The van der Waals surface area contributed by atoms with Crippen LogP contribution in [0.15, 0.2) is 24.3 Å². The summed E-state index contributed by atoms with van der Waals surface area (Å²) >= 11 is 0. The fraction of sp³-hybridized carbons (Fsp3) is 0.650. The molecule has 0 aromatic heterocycles. The Bertz CT molecular complexity index is 654. The van der Waals surface area contributed by atoms with E-state index in [-0.39, 0.29) is 41.2 Å². The van der Waals surface area contributed by atoms with Gasteiger partial charge in [0.25, 0.3) is 0 Å². The number of benzene rings is 1. The summed E-state index contributed by atoms with van der Waals surface area (Å²) in [6.07, 6.45) is 2.97. The van der Waals surface area contributed by atoms with Crippen LogP contribution in [0.4, 0.5) is 4.39 Å². The molecule has 0 bridgehead atoms. The molecule has 4 atom stereocenters. The highest BCUT2D eigenvalue weighted by atomic mass is 19.1. The largest absolute Gasteiger partial charge is 0.392 e. The Morgan fingerprint density at radius 2 is 2.12 bits per heavy atom. The van der Waals surface area contributed by atoms with Gasteiger partial charge in [-0.25, -0.2) is 4.39 Å². The molecular weight excluding hydrogens is 321 g/mol. The van der Waals surface area contributed by atoms with Gasteiger partial charge in [0.05, 0.1) is 12.2 Å². The van der Waals surface area contributed by atoms with Crippen molar-refractivity contribution in [2.75, 3.05) is 19.7 Å². The van der Waals surface area contributed by atoms with Crippen LogP contribution in [-0.4, -0.2) is 47.8 Å². The number of nitrogens with zero attached hydrogens (tertiary/aromatic N) is 1. The molecular formula is C20H26FNO3. The number of aliphatic hydroxyl groups is 1. The number of carbonyl (C=O) groups excluding carboxylic acids is 1. The number of hydrogen-bond donors (Lipinski definition) is 1. The van der Waals surface area contributed by atoms with E-state index >= 15 is 0 Å². The number of carbonyl (C=O) groups is 1. The maximum absolute atomic E-state index is 13.4. The fourth-order valence-corrected chi connectivity index (χ4v) is 4.77. The minimum absolute atomic E-state index is 0.00940. The first-order valence-electron chi connectivity index (χ1n) is 9.39. The van der Waals surface area contributed by atoms with E-state index in [1.165, 1.54) is 6.07 Å². The van der Waals surface area contributed by atoms with Crippen LogP contribution < -0.4 is 0 Å². The number of rotatable bonds is 4. The minimum atomic E-state index is -0.303. The van der Waals surface area contributed by atoms with Crippen molar-refractivity contribution < 1.29 is 19.0 Å². The maximum Gasteiger partial charge on any atom is 0.226 e. The predicted octanol–water partition coefficient (Wildman–Crippen LogP) is 2.71. The number of amides is 1. The Morgan fingerprint density at radius 1 is 1.36 bits per heavy atom. The SMILES string of the molecule is CCO[C@@H]1C[C@H](O)C12CCN(C(=O)[C@H]1C[C@@H]1c1cccc(F)c1)CC2. The molecule has 4 rings (SSSR count). The summed E-state index contributed by atoms with van der Waals surface area (Å²) in [6.45, 7) is 4.02. The van der Waals surface area contributed by atoms with Crippen molar-refractivity contribution in [1.29, 1.82) is 0 Å². The first kappa shape index (κ1) is 17.0. The van der Waals surface area contributed by atoms with E-state index in [1.807, 2.05) is 17.9 Å². The van der Waals surface area contributed by atoms with Gasteiger partial charge in [-0.15, -0.1) is 0 Å². The molecule has 4 nitrogen and oxygen atoms in total. The Kier molecular flexibility index (Phi) is 4.32. The van der Waals surface area contributed by atoms with Crippen molar-refractivity contribution in [2.45, 2.75) is 50.7 Å². The van der Waals surface area contributed by atoms with Gasteiger partial charge in [-0.1, -0.05) is 12.1 Å². The average molecular weight is 347 g/mol. The zero-order chi connectivity index (χ0) is 17.6. The Balaban J connectivity index is 1.35. The molecule has 1 N–H and O–H groups in total. The smallest absolute Gasteiger partial charge is 0.226 e. The second-order valence-electron chi connectivity index (χ2n) is 7.76. The predicted molar refractivity (Wildman–Crippen MR) is 91.5 cm³/mol. The van der Waals surface area contributed by atoms with Gasteiger partial charge in [0.2, 0.25) is 5.91 Å². The molecule has 1 saturated heterocycles. The number of likely N-dealkylation sites (tertiary alicyclic amines) is 1. The van der Waals surface area contributed by atoms with Crippen LogP contribution in [0.1, 0.15) is 44.1 Å². The zero-order valence-corrected chi connectivity index (χ0v) is 14.7. The molecule has 1 aromatic rings. The minimum Gasteiger partial charge on any atom is -0.392 e. The topological polar surface area (TPSA) is 49.8 Å². The van der Waals surface area contributed by atoms with Gasteiger partial charge in [-0.3, -0.25) is 4.79 Å². The molecule has 1 heterocycles. The molecule has 3 aliphatic rings. The summed E-state index contributed by atoms with van der Waals surface area (Å²) in [7, 11) is 0. The highest BCUT2D eigenvalue weighted by molar-refractivity contribution is 5.83.